The van der Waals surface area contributed by atoms with Crippen LogP contribution in [0.3, 0.4) is 0 Å². The largest absolute Gasteiger partial charge is 0.438 e. The Morgan fingerprint density at radius 1 is 0.926 bits per heavy atom. The van der Waals surface area contributed by atoms with E-state index >= 15 is 0 Å². The molecule has 0 aromatic heterocycles. The topological polar surface area (TPSA) is 67.4 Å². The van der Waals surface area contributed by atoms with E-state index < -0.39 is 19.2 Å². The van der Waals surface area contributed by atoms with Crippen LogP contribution in [0.1, 0.15) is 16.9 Å². The molecule has 0 fully saturated rings. The molecule has 2 N–H and O–H groups in total. The van der Waals surface area contributed by atoms with E-state index in [4.69, 9.17) is 4.52 Å². The molecule has 0 saturated heterocycles. The van der Waals surface area contributed by atoms with E-state index in [9.17, 15) is 9.36 Å². The second-order valence-electron chi connectivity index (χ2n) is 6.38. The number of carbonyl (C=O) groups is 1. The number of carbonyl (C=O) groups excluding carboxylic acids is 1. The van der Waals surface area contributed by atoms with Crippen molar-refractivity contribution in [2.45, 2.75) is 12.7 Å². The lowest BCUT2D eigenvalue weighted by Crippen LogP contribution is -2.33. The molecular weight excluding hydrogens is 359 g/mol. The van der Waals surface area contributed by atoms with Crippen LogP contribution < -0.4 is 20.5 Å². The highest BCUT2D eigenvalue weighted by Gasteiger charge is 2.46. The minimum Gasteiger partial charge on any atom is -0.438 e. The second-order valence-corrected chi connectivity index (χ2v) is 8.79. The van der Waals surface area contributed by atoms with Gasteiger partial charge >= 0.3 is 13.4 Å². The lowest BCUT2D eigenvalue weighted by molar-refractivity contribution is 0.251. The van der Waals surface area contributed by atoms with Crippen LogP contribution in [0.25, 0.3) is 0 Å². The Morgan fingerprint density at radius 2 is 1.59 bits per heavy atom. The van der Waals surface area contributed by atoms with E-state index in [2.05, 4.69) is 10.6 Å². The number of rotatable bonds is 3. The highest BCUT2D eigenvalue weighted by molar-refractivity contribution is 7.68. The average Bonchev–Trinajstić information content (AvgIpc) is 2.97. The van der Waals surface area contributed by atoms with Crippen LogP contribution in [0.4, 0.5) is 10.5 Å². The molecule has 0 radical (unpaired) electrons. The maximum absolute atomic E-state index is 13.8. The summed E-state index contributed by atoms with van der Waals surface area (Å²) in [5.74, 6) is -0.217. The number of hydrogen-bond acceptors (Lipinski definition) is 3. The molecule has 0 unspecified atom stereocenters. The van der Waals surface area contributed by atoms with Crippen molar-refractivity contribution in [2.24, 2.45) is 0 Å². The van der Waals surface area contributed by atoms with Gasteiger partial charge in [0.1, 0.15) is 5.75 Å². The van der Waals surface area contributed by atoms with Crippen molar-refractivity contribution < 1.29 is 13.9 Å². The predicted molar refractivity (Wildman–Crippen MR) is 107 cm³/mol. The molecule has 1 aliphatic rings. The third-order valence-corrected chi connectivity index (χ3v) is 7.14. The van der Waals surface area contributed by atoms with E-state index in [0.717, 1.165) is 5.56 Å². The highest BCUT2D eigenvalue weighted by Crippen LogP contribution is 2.64. The van der Waals surface area contributed by atoms with Crippen LogP contribution in [0.5, 0.6) is 5.75 Å². The molecule has 27 heavy (non-hydrogen) atoms. The van der Waals surface area contributed by atoms with Gasteiger partial charge in [0.25, 0.3) is 0 Å². The van der Waals surface area contributed by atoms with Crippen LogP contribution in [0.2, 0.25) is 0 Å². The number of urea groups is 1. The summed E-state index contributed by atoms with van der Waals surface area (Å²) in [6.07, 6.45) is 0. The SMILES string of the molecule is Cc1ccccc1NC(=O)N[C@H]1c2ccccc2O[P@]1(=O)c1ccccc1. The fourth-order valence-corrected chi connectivity index (χ4v) is 5.59. The summed E-state index contributed by atoms with van der Waals surface area (Å²) < 4.78 is 19.7. The average molecular weight is 378 g/mol. The monoisotopic (exact) mass is 378 g/mol. The van der Waals surface area contributed by atoms with Crippen LogP contribution in [-0.2, 0) is 4.57 Å². The van der Waals surface area contributed by atoms with E-state index in [-0.39, 0.29) is 0 Å². The van der Waals surface area contributed by atoms with Gasteiger partial charge in [-0.1, -0.05) is 54.6 Å². The number of nitrogens with one attached hydrogen (secondary N) is 2. The van der Waals surface area contributed by atoms with Gasteiger partial charge in [-0.15, -0.1) is 0 Å². The molecule has 2 atom stereocenters. The molecule has 1 aliphatic heterocycles. The van der Waals surface area contributed by atoms with Crippen molar-refractivity contribution in [3.63, 3.8) is 0 Å². The molecular formula is C21H19N2O3P. The Bertz CT molecular complexity index is 1040. The summed E-state index contributed by atoms with van der Waals surface area (Å²) in [6.45, 7) is 1.92. The van der Waals surface area contributed by atoms with Crippen LogP contribution in [-0.4, -0.2) is 6.03 Å². The van der Waals surface area contributed by atoms with Gasteiger partial charge in [-0.05, 0) is 36.8 Å². The molecule has 1 heterocycles. The number of fused-ring (bicyclic) bond motifs is 1. The van der Waals surface area contributed by atoms with Crippen molar-refractivity contribution in [1.29, 1.82) is 0 Å². The normalized spacial score (nSPS) is 20.4. The first-order chi connectivity index (χ1) is 13.1. The minimum absolute atomic E-state index is 0.425. The first-order valence-corrected chi connectivity index (χ1v) is 10.3. The van der Waals surface area contributed by atoms with Crippen LogP contribution in [0.15, 0.2) is 78.9 Å². The quantitative estimate of drug-likeness (QED) is 0.643. The Hall–Kier alpha value is -3.04. The smallest absolute Gasteiger partial charge is 0.320 e. The van der Waals surface area contributed by atoms with Gasteiger partial charge < -0.3 is 15.2 Å². The summed E-state index contributed by atoms with van der Waals surface area (Å²) in [4.78, 5) is 12.7. The zero-order chi connectivity index (χ0) is 18.9. The summed E-state index contributed by atoms with van der Waals surface area (Å²) in [7, 11) is -3.36. The van der Waals surface area contributed by atoms with E-state index in [1.807, 2.05) is 67.6 Å². The minimum atomic E-state index is -3.36. The Balaban J connectivity index is 1.66. The molecule has 6 heteroatoms. The molecule has 0 aliphatic carbocycles. The Morgan fingerprint density at radius 3 is 2.37 bits per heavy atom. The van der Waals surface area contributed by atoms with Gasteiger partial charge in [-0.3, -0.25) is 4.57 Å². The fraction of sp³-hybridized carbons (Fsp3) is 0.0952. The summed E-state index contributed by atoms with van der Waals surface area (Å²) in [6, 6.07) is 23.3. The van der Waals surface area contributed by atoms with Gasteiger partial charge in [0.15, 0.2) is 5.78 Å². The van der Waals surface area contributed by atoms with Gasteiger partial charge in [0, 0.05) is 11.3 Å². The molecule has 5 nitrogen and oxygen atoms in total. The van der Waals surface area contributed by atoms with Crippen molar-refractivity contribution in [3.8, 4) is 5.75 Å². The predicted octanol–water partition coefficient (Wildman–Crippen LogP) is 4.81. The van der Waals surface area contributed by atoms with Crippen LogP contribution >= 0.6 is 7.37 Å². The summed E-state index contributed by atoms with van der Waals surface area (Å²) in [5, 5.41) is 6.26. The molecule has 4 rings (SSSR count). The number of benzene rings is 3. The van der Waals surface area contributed by atoms with Crippen molar-refractivity contribution in [3.05, 3.63) is 90.0 Å². The zero-order valence-corrected chi connectivity index (χ0v) is 15.6. The summed E-state index contributed by atoms with van der Waals surface area (Å²) in [5.41, 5.74) is 2.36. The molecule has 3 aromatic carbocycles. The number of amides is 2. The van der Waals surface area contributed by atoms with E-state index in [0.29, 0.717) is 22.3 Å². The highest BCUT2D eigenvalue weighted by atomic mass is 31.2. The van der Waals surface area contributed by atoms with Gasteiger partial charge in [0.05, 0.1) is 5.30 Å². The molecule has 0 spiro atoms. The first kappa shape index (κ1) is 17.4. The number of para-hydroxylation sites is 2. The number of hydrogen-bond donors (Lipinski definition) is 2. The van der Waals surface area contributed by atoms with E-state index in [1.54, 1.807) is 18.2 Å². The zero-order valence-electron chi connectivity index (χ0n) is 14.8. The van der Waals surface area contributed by atoms with Gasteiger partial charge in [0.2, 0.25) is 0 Å². The Labute approximate surface area is 157 Å². The molecule has 3 aromatic rings. The molecule has 136 valence electrons. The number of anilines is 1. The van der Waals surface area contributed by atoms with Crippen molar-refractivity contribution in [1.82, 2.24) is 5.32 Å². The molecule has 0 saturated carbocycles. The maximum Gasteiger partial charge on any atom is 0.320 e. The van der Waals surface area contributed by atoms with Crippen molar-refractivity contribution in [2.75, 3.05) is 5.32 Å². The maximum atomic E-state index is 13.8. The molecule has 0 bridgehead atoms. The van der Waals surface area contributed by atoms with E-state index in [1.165, 1.54) is 0 Å². The third-order valence-electron chi connectivity index (χ3n) is 4.56. The van der Waals surface area contributed by atoms with Crippen molar-refractivity contribution >= 4 is 24.4 Å². The Kier molecular flexibility index (Phi) is 4.46. The van der Waals surface area contributed by atoms with Gasteiger partial charge in [-0.2, -0.15) is 0 Å². The lowest BCUT2D eigenvalue weighted by Gasteiger charge is -2.21. The van der Waals surface area contributed by atoms with Crippen LogP contribution in [0, 0.1) is 6.92 Å². The fourth-order valence-electron chi connectivity index (χ4n) is 3.17. The van der Waals surface area contributed by atoms with Gasteiger partial charge in [-0.25, -0.2) is 4.79 Å². The second kappa shape index (κ2) is 6.93. The molecule has 2 amide bonds. The summed E-state index contributed by atoms with van der Waals surface area (Å²) >= 11 is 0. The standard InChI is InChI=1S/C21H19N2O3P/c1-15-9-5-7-13-18(15)22-21(24)23-20-17-12-6-8-14-19(17)26-27(20,25)16-10-3-2-4-11-16/h2-14,20H,1H3,(H2,22,23,24)/t20-,27-/m1/s1. The third kappa shape index (κ3) is 3.22. The number of aryl methyl sites for hydroxylation is 1. The first-order valence-electron chi connectivity index (χ1n) is 8.65. The lowest BCUT2D eigenvalue weighted by atomic mass is 10.2.